The van der Waals surface area contributed by atoms with E-state index in [4.69, 9.17) is 10.5 Å². The molecule has 3 heterocycles. The first-order valence-electron chi connectivity index (χ1n) is 8.73. The van der Waals surface area contributed by atoms with Crippen molar-refractivity contribution in [1.29, 1.82) is 0 Å². The maximum Gasteiger partial charge on any atom is 0.329 e. The standard InChI is InChI=1S/C18H18N6O5/c1-9-18(19,17(27)28)12(25)16(29-9)24-8-22-11-13(20-7-21-14(11)24)23-15(26)10-5-3-2-4-6-10/h2-9,12,16,25H,19H2,1H3,(H,27,28)(H,20,21,23,26)/t9-,12+,16?,18+/m1/s1. The molecule has 0 spiro atoms. The number of ether oxygens (including phenoxy) is 1. The Morgan fingerprint density at radius 2 is 1.97 bits per heavy atom. The van der Waals surface area contributed by atoms with Gasteiger partial charge in [-0.05, 0) is 19.1 Å². The summed E-state index contributed by atoms with van der Waals surface area (Å²) < 4.78 is 6.98. The third kappa shape index (κ3) is 2.92. The molecule has 4 rings (SSSR count). The molecule has 1 aliphatic heterocycles. The zero-order valence-corrected chi connectivity index (χ0v) is 15.3. The predicted octanol–water partition coefficient (Wildman–Crippen LogP) is 0.139. The van der Waals surface area contributed by atoms with Gasteiger partial charge in [-0.2, -0.15) is 0 Å². The molecule has 1 amide bonds. The second-order valence-electron chi connectivity index (χ2n) is 6.72. The molecule has 11 nitrogen and oxygen atoms in total. The minimum absolute atomic E-state index is 0.167. The molecule has 1 aromatic carbocycles. The Kier molecular flexibility index (Phi) is 4.49. The number of rotatable bonds is 4. The Hall–Kier alpha value is -3.41. The number of aliphatic hydroxyl groups excluding tert-OH is 1. The van der Waals surface area contributed by atoms with Crippen LogP contribution in [0.15, 0.2) is 43.0 Å². The van der Waals surface area contributed by atoms with Crippen molar-refractivity contribution in [2.45, 2.75) is 30.9 Å². The first-order chi connectivity index (χ1) is 13.8. The number of carboxylic acids is 1. The molecule has 1 unspecified atom stereocenters. The van der Waals surface area contributed by atoms with Gasteiger partial charge in [-0.1, -0.05) is 18.2 Å². The Labute approximate surface area is 164 Å². The van der Waals surface area contributed by atoms with Gasteiger partial charge in [0.2, 0.25) is 0 Å². The number of carbonyl (C=O) groups excluding carboxylic acids is 1. The molecule has 0 aliphatic carbocycles. The molecule has 5 N–H and O–H groups in total. The van der Waals surface area contributed by atoms with E-state index >= 15 is 0 Å². The number of benzene rings is 1. The van der Waals surface area contributed by atoms with Crippen LogP contribution < -0.4 is 11.1 Å². The van der Waals surface area contributed by atoms with Crippen LogP contribution in [0.1, 0.15) is 23.5 Å². The lowest BCUT2D eigenvalue weighted by Gasteiger charge is -2.25. The van der Waals surface area contributed by atoms with Gasteiger partial charge in [0.05, 0.1) is 12.4 Å². The van der Waals surface area contributed by atoms with Crippen molar-refractivity contribution < 1.29 is 24.5 Å². The molecule has 3 aromatic rings. The van der Waals surface area contributed by atoms with Gasteiger partial charge < -0.3 is 26.0 Å². The highest BCUT2D eigenvalue weighted by Crippen LogP contribution is 2.37. The van der Waals surface area contributed by atoms with Crippen LogP contribution in [0.5, 0.6) is 0 Å². The van der Waals surface area contributed by atoms with Gasteiger partial charge in [0.25, 0.3) is 5.91 Å². The lowest BCUT2D eigenvalue weighted by atomic mass is 9.90. The topological polar surface area (TPSA) is 165 Å². The van der Waals surface area contributed by atoms with Crippen LogP contribution in [-0.4, -0.2) is 59.4 Å². The van der Waals surface area contributed by atoms with E-state index in [1.165, 1.54) is 24.1 Å². The summed E-state index contributed by atoms with van der Waals surface area (Å²) >= 11 is 0. The Morgan fingerprint density at radius 3 is 2.62 bits per heavy atom. The fraction of sp³-hybridized carbons (Fsp3) is 0.278. The number of carbonyl (C=O) groups is 2. The molecule has 11 heteroatoms. The number of hydrogen-bond donors (Lipinski definition) is 4. The van der Waals surface area contributed by atoms with Gasteiger partial charge in [-0.3, -0.25) is 14.2 Å². The summed E-state index contributed by atoms with van der Waals surface area (Å²) in [5.41, 5.74) is 4.84. The summed E-state index contributed by atoms with van der Waals surface area (Å²) in [6.07, 6.45) is -1.09. The highest BCUT2D eigenvalue weighted by atomic mass is 16.5. The number of aliphatic hydroxyl groups is 1. The van der Waals surface area contributed by atoms with E-state index in [1.54, 1.807) is 30.3 Å². The molecule has 1 aliphatic rings. The number of aliphatic carboxylic acids is 1. The van der Waals surface area contributed by atoms with Crippen molar-refractivity contribution in [3.63, 3.8) is 0 Å². The lowest BCUT2D eigenvalue weighted by molar-refractivity contribution is -0.148. The van der Waals surface area contributed by atoms with E-state index in [0.29, 0.717) is 5.56 Å². The van der Waals surface area contributed by atoms with Crippen LogP contribution in [0.25, 0.3) is 11.2 Å². The second kappa shape index (κ2) is 6.88. The summed E-state index contributed by atoms with van der Waals surface area (Å²) in [4.78, 5) is 36.4. The van der Waals surface area contributed by atoms with Crippen molar-refractivity contribution in [3.05, 3.63) is 48.5 Å². The number of nitrogens with two attached hydrogens (primary N) is 1. The molecular formula is C18H18N6O5. The van der Waals surface area contributed by atoms with Gasteiger partial charge in [0, 0.05) is 5.56 Å². The first-order valence-corrected chi connectivity index (χ1v) is 8.73. The number of fused-ring (bicyclic) bond motifs is 1. The Bertz CT molecular complexity index is 1090. The van der Waals surface area contributed by atoms with E-state index in [0.717, 1.165) is 0 Å². The van der Waals surface area contributed by atoms with Gasteiger partial charge in [0.1, 0.15) is 12.4 Å². The summed E-state index contributed by atoms with van der Waals surface area (Å²) in [5.74, 6) is -1.59. The number of anilines is 1. The van der Waals surface area contributed by atoms with Crippen LogP contribution in [-0.2, 0) is 9.53 Å². The molecule has 4 atom stereocenters. The number of hydrogen-bond acceptors (Lipinski definition) is 8. The number of carboxylic acid groups (broad SMARTS) is 1. The van der Waals surface area contributed by atoms with E-state index in [-0.39, 0.29) is 22.9 Å². The highest BCUT2D eigenvalue weighted by molar-refractivity contribution is 6.06. The Morgan fingerprint density at radius 1 is 1.24 bits per heavy atom. The first kappa shape index (κ1) is 18.9. The van der Waals surface area contributed by atoms with Crippen molar-refractivity contribution in [2.75, 3.05) is 5.32 Å². The molecule has 0 bridgehead atoms. The number of nitrogens with one attached hydrogen (secondary N) is 1. The third-order valence-corrected chi connectivity index (χ3v) is 5.05. The summed E-state index contributed by atoms with van der Waals surface area (Å²) in [5, 5.41) is 22.7. The van der Waals surface area contributed by atoms with E-state index in [1.807, 2.05) is 0 Å². The van der Waals surface area contributed by atoms with Crippen molar-refractivity contribution in [3.8, 4) is 0 Å². The molecular weight excluding hydrogens is 380 g/mol. The molecule has 150 valence electrons. The molecule has 2 aromatic heterocycles. The molecule has 1 saturated heterocycles. The van der Waals surface area contributed by atoms with Crippen molar-refractivity contribution in [2.24, 2.45) is 5.73 Å². The molecule has 29 heavy (non-hydrogen) atoms. The van der Waals surface area contributed by atoms with Gasteiger partial charge >= 0.3 is 5.97 Å². The maximum atomic E-state index is 12.4. The van der Waals surface area contributed by atoms with Crippen LogP contribution in [0.4, 0.5) is 5.82 Å². The van der Waals surface area contributed by atoms with E-state index < -0.39 is 29.9 Å². The van der Waals surface area contributed by atoms with Crippen molar-refractivity contribution in [1.82, 2.24) is 19.5 Å². The summed E-state index contributed by atoms with van der Waals surface area (Å²) in [7, 11) is 0. The SMILES string of the molecule is C[C@H]1OC(n2cnc3c(NC(=O)c4ccccc4)ncnc32)[C@H](O)[C@]1(N)C(=O)O. The summed E-state index contributed by atoms with van der Waals surface area (Å²) in [6, 6.07) is 8.58. The Balaban J connectivity index is 1.68. The average Bonchev–Trinajstić information content (AvgIpc) is 3.24. The fourth-order valence-corrected chi connectivity index (χ4v) is 3.29. The smallest absolute Gasteiger partial charge is 0.329 e. The predicted molar refractivity (Wildman–Crippen MR) is 99.9 cm³/mol. The zero-order valence-electron chi connectivity index (χ0n) is 15.3. The van der Waals surface area contributed by atoms with Crippen LogP contribution in [0.2, 0.25) is 0 Å². The molecule has 0 radical (unpaired) electrons. The number of nitrogens with zero attached hydrogens (tertiary/aromatic N) is 4. The lowest BCUT2D eigenvalue weighted by Crippen LogP contribution is -2.60. The van der Waals surface area contributed by atoms with Gasteiger partial charge in [-0.25, -0.2) is 15.0 Å². The number of aromatic nitrogens is 4. The van der Waals surface area contributed by atoms with Gasteiger partial charge in [-0.15, -0.1) is 0 Å². The number of amides is 1. The summed E-state index contributed by atoms with van der Waals surface area (Å²) in [6.45, 7) is 1.47. The molecule has 0 saturated carbocycles. The quantitative estimate of drug-likeness (QED) is 0.478. The minimum atomic E-state index is -1.99. The second-order valence-corrected chi connectivity index (χ2v) is 6.72. The third-order valence-electron chi connectivity index (χ3n) is 5.05. The largest absolute Gasteiger partial charge is 0.480 e. The number of imidazole rings is 1. The average molecular weight is 398 g/mol. The van der Waals surface area contributed by atoms with Crippen LogP contribution in [0.3, 0.4) is 0 Å². The highest BCUT2D eigenvalue weighted by Gasteiger charge is 2.58. The molecule has 1 fully saturated rings. The van der Waals surface area contributed by atoms with E-state index in [2.05, 4.69) is 20.3 Å². The fourth-order valence-electron chi connectivity index (χ4n) is 3.29. The minimum Gasteiger partial charge on any atom is -0.480 e. The maximum absolute atomic E-state index is 12.4. The van der Waals surface area contributed by atoms with Crippen molar-refractivity contribution >= 4 is 28.9 Å². The van der Waals surface area contributed by atoms with Crippen LogP contribution in [0, 0.1) is 0 Å². The monoisotopic (exact) mass is 398 g/mol. The normalized spacial score (nSPS) is 26.5. The zero-order chi connectivity index (χ0) is 20.8. The van der Waals surface area contributed by atoms with E-state index in [9.17, 15) is 19.8 Å². The van der Waals surface area contributed by atoms with Crippen LogP contribution >= 0.6 is 0 Å². The van der Waals surface area contributed by atoms with Gasteiger partial charge in [0.15, 0.2) is 28.7 Å².